The average molecular weight is 509 g/mol. The number of nitrogens with zero attached hydrogens (tertiary/aromatic N) is 4. The molecule has 1 amide bonds. The third-order valence-electron chi connectivity index (χ3n) is 7.34. The Kier molecular flexibility index (Phi) is 7.53. The molecule has 0 bridgehead atoms. The number of aryl methyl sites for hydroxylation is 1. The first kappa shape index (κ1) is 24.7. The Morgan fingerprint density at radius 2 is 1.89 bits per heavy atom. The maximum absolute atomic E-state index is 12.4. The van der Waals surface area contributed by atoms with Crippen LogP contribution in [0.4, 0.5) is 11.8 Å². The molecule has 0 radical (unpaired) electrons. The zero-order valence-electron chi connectivity index (χ0n) is 20.8. The summed E-state index contributed by atoms with van der Waals surface area (Å²) in [6.45, 7) is 4.10. The molecule has 190 valence electrons. The van der Waals surface area contributed by atoms with Gasteiger partial charge in [0.15, 0.2) is 0 Å². The monoisotopic (exact) mass is 508 g/mol. The van der Waals surface area contributed by atoms with E-state index in [0.717, 1.165) is 65.1 Å². The SMILES string of the molecule is Cc1cc2nc(NC3CCC(CNc4ncc(CC(=O)N(C)C5COC5)cn4)CC3)ccc2cc1Cl. The first-order chi connectivity index (χ1) is 17.4. The minimum Gasteiger partial charge on any atom is -0.377 e. The number of hydrogen-bond donors (Lipinski definition) is 2. The molecule has 1 saturated carbocycles. The first-order valence-corrected chi connectivity index (χ1v) is 13.0. The highest BCUT2D eigenvalue weighted by molar-refractivity contribution is 6.32. The average Bonchev–Trinajstić information content (AvgIpc) is 2.84. The van der Waals surface area contributed by atoms with Crippen LogP contribution < -0.4 is 10.6 Å². The quantitative estimate of drug-likeness (QED) is 0.463. The number of pyridine rings is 1. The lowest BCUT2D eigenvalue weighted by Crippen LogP contribution is -2.50. The van der Waals surface area contributed by atoms with E-state index in [1.165, 1.54) is 0 Å². The van der Waals surface area contributed by atoms with Gasteiger partial charge in [-0.05, 0) is 73.9 Å². The molecular weight excluding hydrogens is 476 g/mol. The summed E-state index contributed by atoms with van der Waals surface area (Å²) in [6, 6.07) is 8.75. The van der Waals surface area contributed by atoms with Crippen molar-refractivity contribution in [3.05, 3.63) is 52.8 Å². The number of halogens is 1. The van der Waals surface area contributed by atoms with Gasteiger partial charge in [0.2, 0.25) is 11.9 Å². The molecule has 1 aliphatic heterocycles. The second kappa shape index (κ2) is 11.0. The number of fused-ring (bicyclic) bond motifs is 1. The highest BCUT2D eigenvalue weighted by atomic mass is 35.5. The van der Waals surface area contributed by atoms with Crippen molar-refractivity contribution >= 4 is 40.2 Å². The third-order valence-corrected chi connectivity index (χ3v) is 7.75. The molecule has 0 unspecified atom stereocenters. The molecule has 9 heteroatoms. The van der Waals surface area contributed by atoms with Crippen LogP contribution in [0.5, 0.6) is 0 Å². The summed E-state index contributed by atoms with van der Waals surface area (Å²) in [5, 5.41) is 8.82. The van der Waals surface area contributed by atoms with Crippen molar-refractivity contribution in [3.8, 4) is 0 Å². The number of amides is 1. The highest BCUT2D eigenvalue weighted by Gasteiger charge is 2.26. The second-order valence-corrected chi connectivity index (χ2v) is 10.4. The van der Waals surface area contributed by atoms with Crippen LogP contribution in [0.25, 0.3) is 10.9 Å². The van der Waals surface area contributed by atoms with Crippen LogP contribution in [0.2, 0.25) is 5.02 Å². The van der Waals surface area contributed by atoms with Gasteiger partial charge in [0.25, 0.3) is 0 Å². The number of nitrogens with one attached hydrogen (secondary N) is 2. The van der Waals surface area contributed by atoms with Crippen LogP contribution in [-0.2, 0) is 16.0 Å². The van der Waals surface area contributed by atoms with Gasteiger partial charge in [0.1, 0.15) is 5.82 Å². The third kappa shape index (κ3) is 5.87. The molecule has 8 nitrogen and oxygen atoms in total. The summed E-state index contributed by atoms with van der Waals surface area (Å²) in [6.07, 6.45) is 8.27. The van der Waals surface area contributed by atoms with Gasteiger partial charge >= 0.3 is 0 Å². The zero-order valence-corrected chi connectivity index (χ0v) is 21.6. The Bertz CT molecular complexity index is 1210. The van der Waals surface area contributed by atoms with Crippen molar-refractivity contribution in [1.29, 1.82) is 0 Å². The lowest BCUT2D eigenvalue weighted by molar-refractivity contribution is -0.140. The van der Waals surface area contributed by atoms with Crippen molar-refractivity contribution in [2.24, 2.45) is 5.92 Å². The van der Waals surface area contributed by atoms with Crippen LogP contribution in [0.3, 0.4) is 0 Å². The Hall–Kier alpha value is -2.97. The van der Waals surface area contributed by atoms with E-state index in [2.05, 4.69) is 26.7 Å². The second-order valence-electron chi connectivity index (χ2n) is 10.0. The van der Waals surface area contributed by atoms with Crippen molar-refractivity contribution in [1.82, 2.24) is 19.9 Å². The summed E-state index contributed by atoms with van der Waals surface area (Å²) in [7, 11) is 1.83. The molecule has 1 aromatic carbocycles. The molecule has 2 aromatic heterocycles. The van der Waals surface area contributed by atoms with Gasteiger partial charge in [0, 0.05) is 42.4 Å². The maximum Gasteiger partial charge on any atom is 0.227 e. The van der Waals surface area contributed by atoms with Crippen molar-refractivity contribution in [2.45, 2.75) is 51.1 Å². The lowest BCUT2D eigenvalue weighted by Gasteiger charge is -2.34. The molecular formula is C27H33ClN6O2. The number of hydrogen-bond acceptors (Lipinski definition) is 7. The van der Waals surface area contributed by atoms with Crippen molar-refractivity contribution in [3.63, 3.8) is 0 Å². The Labute approximate surface area is 216 Å². The standard InChI is InChI=1S/C27H33ClN6O2/c1-17-9-24-20(11-23(17)28)5-8-25(33-24)32-21-6-3-18(4-7-21)12-29-27-30-13-19(14-31-27)10-26(35)34(2)22-15-36-16-22/h5,8-9,11,13-14,18,21-22H,3-4,6-7,10,12,15-16H2,1-2H3,(H,32,33)(H,29,30,31). The Morgan fingerprint density at radius 3 is 2.58 bits per heavy atom. The minimum atomic E-state index is 0.0661. The number of rotatable bonds is 8. The van der Waals surface area contributed by atoms with E-state index in [-0.39, 0.29) is 11.9 Å². The van der Waals surface area contributed by atoms with Crippen LogP contribution in [-0.4, -0.2) is 64.6 Å². The van der Waals surface area contributed by atoms with Crippen LogP contribution >= 0.6 is 11.6 Å². The fourth-order valence-corrected chi connectivity index (χ4v) is 4.94. The van der Waals surface area contributed by atoms with Crippen molar-refractivity contribution < 1.29 is 9.53 Å². The normalized spacial score (nSPS) is 20.1. The zero-order chi connectivity index (χ0) is 25.1. The van der Waals surface area contributed by atoms with Gasteiger partial charge in [-0.15, -0.1) is 0 Å². The van der Waals surface area contributed by atoms with Crippen LogP contribution in [0.1, 0.15) is 36.8 Å². The fourth-order valence-electron chi connectivity index (χ4n) is 4.77. The van der Waals surface area contributed by atoms with Crippen LogP contribution in [0.15, 0.2) is 36.7 Å². The first-order valence-electron chi connectivity index (χ1n) is 12.7. The molecule has 5 rings (SSSR count). The number of carbonyl (C=O) groups is 1. The van der Waals surface area contributed by atoms with Gasteiger partial charge < -0.3 is 20.3 Å². The minimum absolute atomic E-state index is 0.0661. The molecule has 3 heterocycles. The number of carbonyl (C=O) groups excluding carboxylic acids is 1. The molecule has 2 fully saturated rings. The molecule has 1 aliphatic carbocycles. The van der Waals surface area contributed by atoms with E-state index in [4.69, 9.17) is 21.3 Å². The number of aromatic nitrogens is 3. The molecule has 36 heavy (non-hydrogen) atoms. The topological polar surface area (TPSA) is 92.3 Å². The van der Waals surface area contributed by atoms with Gasteiger partial charge in [0.05, 0.1) is 31.2 Å². The Morgan fingerprint density at radius 1 is 1.14 bits per heavy atom. The van der Waals surface area contributed by atoms with Gasteiger partial charge in [-0.25, -0.2) is 15.0 Å². The molecule has 2 N–H and O–H groups in total. The number of anilines is 2. The molecule has 3 aromatic rings. The maximum atomic E-state index is 12.4. The van der Waals surface area contributed by atoms with Gasteiger partial charge in [-0.2, -0.15) is 0 Å². The molecule has 2 aliphatic rings. The van der Waals surface area contributed by atoms with E-state index in [9.17, 15) is 4.79 Å². The van der Waals surface area contributed by atoms with E-state index < -0.39 is 0 Å². The number of likely N-dealkylation sites (N-methyl/N-ethyl adjacent to an activating group) is 1. The van der Waals surface area contributed by atoms with Gasteiger partial charge in [-0.1, -0.05) is 11.6 Å². The van der Waals surface area contributed by atoms with Crippen LogP contribution in [0, 0.1) is 12.8 Å². The predicted octanol–water partition coefficient (Wildman–Crippen LogP) is 4.47. The fraction of sp³-hybridized carbons (Fsp3) is 0.481. The largest absolute Gasteiger partial charge is 0.377 e. The number of ether oxygens (including phenoxy) is 1. The number of benzene rings is 1. The molecule has 1 saturated heterocycles. The van der Waals surface area contributed by atoms with E-state index in [1.807, 2.05) is 32.2 Å². The summed E-state index contributed by atoms with van der Waals surface area (Å²) < 4.78 is 5.17. The summed E-state index contributed by atoms with van der Waals surface area (Å²) >= 11 is 6.24. The predicted molar refractivity (Wildman–Crippen MR) is 142 cm³/mol. The van der Waals surface area contributed by atoms with E-state index >= 15 is 0 Å². The lowest BCUT2D eigenvalue weighted by atomic mass is 9.86. The Balaban J connectivity index is 1.05. The smallest absolute Gasteiger partial charge is 0.227 e. The van der Waals surface area contributed by atoms with Gasteiger partial charge in [-0.3, -0.25) is 4.79 Å². The van der Waals surface area contributed by atoms with E-state index in [0.29, 0.717) is 37.5 Å². The summed E-state index contributed by atoms with van der Waals surface area (Å²) in [5.41, 5.74) is 2.83. The summed E-state index contributed by atoms with van der Waals surface area (Å²) in [4.78, 5) is 27.8. The molecule has 0 spiro atoms. The molecule has 0 atom stereocenters. The summed E-state index contributed by atoms with van der Waals surface area (Å²) in [5.74, 6) is 2.19. The highest BCUT2D eigenvalue weighted by Crippen LogP contribution is 2.28. The van der Waals surface area contributed by atoms with E-state index in [1.54, 1.807) is 17.3 Å². The van der Waals surface area contributed by atoms with Crippen molar-refractivity contribution in [2.75, 3.05) is 37.4 Å².